The lowest BCUT2D eigenvalue weighted by molar-refractivity contribution is 0.393. The maximum absolute atomic E-state index is 13.8. The van der Waals surface area contributed by atoms with Crippen LogP contribution in [0.3, 0.4) is 0 Å². The molecule has 84 valence electrons. The van der Waals surface area contributed by atoms with E-state index in [1.165, 1.54) is 0 Å². The van der Waals surface area contributed by atoms with E-state index < -0.39 is 0 Å². The fourth-order valence-corrected chi connectivity index (χ4v) is 1.88. The zero-order valence-corrected chi connectivity index (χ0v) is 10.3. The van der Waals surface area contributed by atoms with Gasteiger partial charge in [-0.25, -0.2) is 4.39 Å². The third-order valence-electron chi connectivity index (χ3n) is 2.34. The number of halogens is 1. The molecular formula is C13H20FN. The molecule has 0 saturated carbocycles. The first-order chi connectivity index (χ1) is 6.82. The van der Waals surface area contributed by atoms with Crippen molar-refractivity contribution in [2.45, 2.75) is 32.7 Å². The van der Waals surface area contributed by atoms with Crippen molar-refractivity contribution in [3.8, 4) is 0 Å². The van der Waals surface area contributed by atoms with Crippen LogP contribution in [0.2, 0.25) is 0 Å². The van der Waals surface area contributed by atoms with Gasteiger partial charge in [0.1, 0.15) is 5.82 Å². The number of nitrogens with zero attached hydrogens (tertiary/aromatic N) is 1. The Bertz CT molecular complexity index is 337. The van der Waals surface area contributed by atoms with Gasteiger partial charge in [-0.2, -0.15) is 0 Å². The molecule has 0 saturated heterocycles. The Morgan fingerprint density at radius 1 is 1.20 bits per heavy atom. The molecule has 0 spiro atoms. The molecule has 0 aliphatic carbocycles. The lowest BCUT2D eigenvalue weighted by atomic mass is 9.83. The van der Waals surface area contributed by atoms with Gasteiger partial charge < -0.3 is 4.90 Å². The maximum Gasteiger partial charge on any atom is 0.127 e. The van der Waals surface area contributed by atoms with Gasteiger partial charge in [-0.3, -0.25) is 0 Å². The van der Waals surface area contributed by atoms with Crippen LogP contribution in [-0.2, 0) is 12.0 Å². The fraction of sp³-hybridized carbons (Fsp3) is 0.538. The van der Waals surface area contributed by atoms with E-state index in [-0.39, 0.29) is 11.2 Å². The normalized spacial score (nSPS) is 12.2. The smallest absolute Gasteiger partial charge is 0.127 e. The molecule has 0 aliphatic heterocycles. The number of benzene rings is 1. The maximum atomic E-state index is 13.8. The molecule has 0 N–H and O–H groups in total. The van der Waals surface area contributed by atoms with E-state index in [0.717, 1.165) is 17.7 Å². The molecule has 0 unspecified atom stereocenters. The van der Waals surface area contributed by atoms with Crippen molar-refractivity contribution in [3.63, 3.8) is 0 Å². The molecule has 15 heavy (non-hydrogen) atoms. The highest BCUT2D eigenvalue weighted by Crippen LogP contribution is 2.28. The molecule has 2 heteroatoms. The van der Waals surface area contributed by atoms with Gasteiger partial charge in [0.15, 0.2) is 0 Å². The molecule has 0 fully saturated rings. The van der Waals surface area contributed by atoms with Crippen molar-refractivity contribution >= 4 is 0 Å². The van der Waals surface area contributed by atoms with Crippen molar-refractivity contribution in [2.24, 2.45) is 0 Å². The van der Waals surface area contributed by atoms with Crippen LogP contribution in [0, 0.1) is 5.82 Å². The van der Waals surface area contributed by atoms with Crippen LogP contribution in [0.4, 0.5) is 4.39 Å². The van der Waals surface area contributed by atoms with Crippen molar-refractivity contribution in [2.75, 3.05) is 14.1 Å². The van der Waals surface area contributed by atoms with Gasteiger partial charge in [0.2, 0.25) is 0 Å². The van der Waals surface area contributed by atoms with E-state index in [1.807, 2.05) is 40.9 Å². The van der Waals surface area contributed by atoms with Crippen molar-refractivity contribution < 1.29 is 4.39 Å². The molecule has 1 aromatic carbocycles. The van der Waals surface area contributed by atoms with Gasteiger partial charge in [0.05, 0.1) is 0 Å². The summed E-state index contributed by atoms with van der Waals surface area (Å²) in [6.45, 7) is 6.92. The second kappa shape index (κ2) is 4.31. The molecule has 1 nitrogen and oxygen atoms in total. The first-order valence-corrected chi connectivity index (χ1v) is 5.25. The predicted octanol–water partition coefficient (Wildman–Crippen LogP) is 3.18. The second-order valence-electron chi connectivity index (χ2n) is 5.26. The van der Waals surface area contributed by atoms with Gasteiger partial charge in [-0.1, -0.05) is 32.9 Å². The van der Waals surface area contributed by atoms with Crippen LogP contribution in [0.15, 0.2) is 18.2 Å². The average molecular weight is 209 g/mol. The summed E-state index contributed by atoms with van der Waals surface area (Å²) in [6, 6.07) is 5.33. The Balaban J connectivity index is 3.21. The molecule has 0 bridgehead atoms. The number of hydrogen-bond acceptors (Lipinski definition) is 1. The fourth-order valence-electron chi connectivity index (χ4n) is 1.88. The minimum absolute atomic E-state index is 0.0955. The molecule has 0 amide bonds. The highest BCUT2D eigenvalue weighted by molar-refractivity contribution is 5.34. The van der Waals surface area contributed by atoms with E-state index in [9.17, 15) is 4.39 Å². The zero-order valence-electron chi connectivity index (χ0n) is 10.3. The Morgan fingerprint density at radius 2 is 1.80 bits per heavy atom. The van der Waals surface area contributed by atoms with Crippen molar-refractivity contribution in [1.29, 1.82) is 0 Å². The van der Waals surface area contributed by atoms with Crippen LogP contribution >= 0.6 is 0 Å². The van der Waals surface area contributed by atoms with E-state index in [4.69, 9.17) is 0 Å². The first-order valence-electron chi connectivity index (χ1n) is 5.25. The highest BCUT2D eigenvalue weighted by Gasteiger charge is 2.21. The third-order valence-corrected chi connectivity index (χ3v) is 2.34. The lowest BCUT2D eigenvalue weighted by Gasteiger charge is -2.25. The highest BCUT2D eigenvalue weighted by atomic mass is 19.1. The van der Waals surface area contributed by atoms with Crippen molar-refractivity contribution in [3.05, 3.63) is 35.1 Å². The Labute approximate surface area is 91.9 Å². The van der Waals surface area contributed by atoms with Gasteiger partial charge >= 0.3 is 0 Å². The lowest BCUT2D eigenvalue weighted by Crippen LogP contribution is -2.20. The minimum atomic E-state index is -0.142. The summed E-state index contributed by atoms with van der Waals surface area (Å²) in [6.07, 6.45) is 0. The Morgan fingerprint density at radius 3 is 2.27 bits per heavy atom. The molecule has 0 aliphatic rings. The molecule has 1 rings (SSSR count). The topological polar surface area (TPSA) is 3.24 Å². The van der Waals surface area contributed by atoms with Gasteiger partial charge in [0.25, 0.3) is 0 Å². The summed E-state index contributed by atoms with van der Waals surface area (Å²) in [5.41, 5.74) is 1.77. The summed E-state index contributed by atoms with van der Waals surface area (Å²) in [5, 5.41) is 0. The summed E-state index contributed by atoms with van der Waals surface area (Å²) >= 11 is 0. The predicted molar refractivity (Wildman–Crippen MR) is 62.5 cm³/mol. The molecule has 0 atom stereocenters. The molecule has 0 radical (unpaired) electrons. The van der Waals surface area contributed by atoms with E-state index in [2.05, 4.69) is 4.90 Å². The van der Waals surface area contributed by atoms with Crippen LogP contribution in [-0.4, -0.2) is 19.0 Å². The molecule has 0 aromatic heterocycles. The SMILES string of the molecule is CN(C)Cc1cccc(F)c1C(C)(C)C. The number of hydrogen-bond donors (Lipinski definition) is 0. The standard InChI is InChI=1S/C13H20FN/c1-13(2,3)12-10(9-15(4)5)7-6-8-11(12)14/h6-8H,9H2,1-5H3. The third kappa shape index (κ3) is 3.03. The zero-order chi connectivity index (χ0) is 11.6. The van der Waals surface area contributed by atoms with Crippen LogP contribution in [0.25, 0.3) is 0 Å². The average Bonchev–Trinajstić information content (AvgIpc) is 1.99. The van der Waals surface area contributed by atoms with Crippen molar-refractivity contribution in [1.82, 2.24) is 4.90 Å². The van der Waals surface area contributed by atoms with E-state index >= 15 is 0 Å². The minimum Gasteiger partial charge on any atom is -0.305 e. The quantitative estimate of drug-likeness (QED) is 0.723. The number of rotatable bonds is 2. The molecule has 1 aromatic rings. The second-order valence-corrected chi connectivity index (χ2v) is 5.26. The van der Waals surface area contributed by atoms with Crippen LogP contribution in [0.5, 0.6) is 0 Å². The summed E-state index contributed by atoms with van der Waals surface area (Å²) in [4.78, 5) is 2.06. The summed E-state index contributed by atoms with van der Waals surface area (Å²) in [7, 11) is 3.99. The van der Waals surface area contributed by atoms with Crippen LogP contribution in [0.1, 0.15) is 31.9 Å². The van der Waals surface area contributed by atoms with Gasteiger partial charge in [-0.15, -0.1) is 0 Å². The Kier molecular flexibility index (Phi) is 3.50. The molecule has 0 heterocycles. The molecular weight excluding hydrogens is 189 g/mol. The summed E-state index contributed by atoms with van der Waals surface area (Å²) in [5.74, 6) is -0.0955. The first kappa shape index (κ1) is 12.2. The van der Waals surface area contributed by atoms with E-state index in [1.54, 1.807) is 12.1 Å². The summed E-state index contributed by atoms with van der Waals surface area (Å²) < 4.78 is 13.8. The largest absolute Gasteiger partial charge is 0.305 e. The van der Waals surface area contributed by atoms with Gasteiger partial charge in [-0.05, 0) is 36.7 Å². The van der Waals surface area contributed by atoms with Gasteiger partial charge in [0, 0.05) is 6.54 Å². The Hall–Kier alpha value is -0.890. The van der Waals surface area contributed by atoms with E-state index in [0.29, 0.717) is 0 Å². The van der Waals surface area contributed by atoms with Crippen LogP contribution < -0.4 is 0 Å². The monoisotopic (exact) mass is 209 g/mol.